The molecule has 0 aliphatic heterocycles. The van der Waals surface area contributed by atoms with Crippen LogP contribution in [0.15, 0.2) is 78.9 Å². The van der Waals surface area contributed by atoms with Crippen LogP contribution >= 0.6 is 0 Å². The Labute approximate surface area is 208 Å². The lowest BCUT2D eigenvalue weighted by atomic mass is 9.69. The van der Waals surface area contributed by atoms with Crippen molar-refractivity contribution in [1.29, 1.82) is 0 Å². The third-order valence-corrected chi connectivity index (χ3v) is 7.48. The van der Waals surface area contributed by atoms with E-state index in [0.717, 1.165) is 27.5 Å². The third-order valence-electron chi connectivity index (χ3n) is 7.48. The van der Waals surface area contributed by atoms with Crippen molar-refractivity contribution in [1.82, 2.24) is 0 Å². The molecule has 0 saturated carbocycles. The Balaban J connectivity index is 1.77. The molecule has 1 N–H and O–H groups in total. The topological polar surface area (TPSA) is 37.3 Å². The minimum Gasteiger partial charge on any atom is -0.380 e. The first kappa shape index (κ1) is 23.5. The molecule has 0 fully saturated rings. The summed E-state index contributed by atoms with van der Waals surface area (Å²) in [5.41, 5.74) is 4.34. The molecule has 0 aromatic heterocycles. The molecule has 0 saturated heterocycles. The van der Waals surface area contributed by atoms with Crippen LogP contribution in [-0.2, 0) is 22.9 Å². The predicted octanol–water partition coefficient (Wildman–Crippen LogP) is 7.46. The first-order valence-corrected chi connectivity index (χ1v) is 12.4. The second-order valence-electron chi connectivity index (χ2n) is 12.0. The molecule has 178 valence electrons. The zero-order valence-electron chi connectivity index (χ0n) is 21.6. The molecular formula is C33H34O2. The van der Waals surface area contributed by atoms with Crippen LogP contribution in [0.4, 0.5) is 0 Å². The number of rotatable bonds is 2. The molecule has 2 nitrogen and oxygen atoms in total. The van der Waals surface area contributed by atoms with Gasteiger partial charge in [-0.25, -0.2) is 0 Å². The average Bonchev–Trinajstić information content (AvgIpc) is 2.81. The fraction of sp³-hybridized carbons (Fsp3) is 0.303. The largest absolute Gasteiger partial charge is 0.380 e. The van der Waals surface area contributed by atoms with Crippen molar-refractivity contribution in [2.45, 2.75) is 64.4 Å². The maximum absolute atomic E-state index is 13.9. The number of hydrogen-bond donors (Lipinski definition) is 1. The van der Waals surface area contributed by atoms with Gasteiger partial charge in [0, 0.05) is 17.5 Å². The van der Waals surface area contributed by atoms with Gasteiger partial charge in [0.1, 0.15) is 5.60 Å². The number of aliphatic hydroxyl groups is 1. The highest BCUT2D eigenvalue weighted by Crippen LogP contribution is 2.45. The lowest BCUT2D eigenvalue weighted by molar-refractivity contribution is 0.0722. The third kappa shape index (κ3) is 3.90. The molecule has 0 amide bonds. The summed E-state index contributed by atoms with van der Waals surface area (Å²) < 4.78 is 0. The van der Waals surface area contributed by atoms with Gasteiger partial charge in [-0.2, -0.15) is 0 Å². The van der Waals surface area contributed by atoms with Crippen LogP contribution in [-0.4, -0.2) is 10.9 Å². The van der Waals surface area contributed by atoms with Crippen LogP contribution in [0, 0.1) is 0 Å². The van der Waals surface area contributed by atoms with E-state index in [0.29, 0.717) is 28.7 Å². The Hall–Kier alpha value is -3.23. The van der Waals surface area contributed by atoms with Gasteiger partial charge in [-0.05, 0) is 61.6 Å². The Bertz CT molecular complexity index is 1390. The zero-order valence-corrected chi connectivity index (χ0v) is 21.6. The molecule has 0 bridgehead atoms. The molecular weight excluding hydrogens is 428 g/mol. The molecule has 4 aromatic rings. The van der Waals surface area contributed by atoms with E-state index in [1.54, 1.807) is 0 Å². The van der Waals surface area contributed by atoms with Crippen LogP contribution < -0.4 is 0 Å². The first-order valence-electron chi connectivity index (χ1n) is 12.4. The highest BCUT2D eigenvalue weighted by molar-refractivity contribution is 6.13. The van der Waals surface area contributed by atoms with E-state index >= 15 is 0 Å². The van der Waals surface area contributed by atoms with E-state index in [4.69, 9.17) is 0 Å². The quantitative estimate of drug-likeness (QED) is 0.336. The van der Waals surface area contributed by atoms with Crippen molar-refractivity contribution in [3.05, 3.63) is 118 Å². The molecule has 0 heterocycles. The molecule has 2 heteroatoms. The van der Waals surface area contributed by atoms with Crippen molar-refractivity contribution < 1.29 is 9.90 Å². The average molecular weight is 463 g/mol. The number of ketones is 1. The van der Waals surface area contributed by atoms with Gasteiger partial charge >= 0.3 is 0 Å². The summed E-state index contributed by atoms with van der Waals surface area (Å²) in [5, 5.41) is 14.8. The smallest absolute Gasteiger partial charge is 0.193 e. The van der Waals surface area contributed by atoms with Crippen molar-refractivity contribution >= 4 is 16.6 Å². The van der Waals surface area contributed by atoms with Gasteiger partial charge in [0.2, 0.25) is 0 Å². The van der Waals surface area contributed by atoms with Gasteiger partial charge in [-0.3, -0.25) is 4.79 Å². The fourth-order valence-corrected chi connectivity index (χ4v) is 5.32. The summed E-state index contributed by atoms with van der Waals surface area (Å²) in [6.45, 7) is 12.9. The lowest BCUT2D eigenvalue weighted by Crippen LogP contribution is -2.38. The van der Waals surface area contributed by atoms with Gasteiger partial charge in [-0.15, -0.1) is 0 Å². The van der Waals surface area contributed by atoms with Crippen LogP contribution in [0.1, 0.15) is 85.3 Å². The molecule has 0 spiro atoms. The van der Waals surface area contributed by atoms with Crippen LogP contribution in [0.2, 0.25) is 0 Å². The van der Waals surface area contributed by atoms with Crippen molar-refractivity contribution in [3.8, 4) is 0 Å². The van der Waals surface area contributed by atoms with Gasteiger partial charge in [0.15, 0.2) is 5.78 Å². The van der Waals surface area contributed by atoms with E-state index in [2.05, 4.69) is 77.9 Å². The maximum atomic E-state index is 13.9. The first-order chi connectivity index (χ1) is 16.4. The summed E-state index contributed by atoms with van der Waals surface area (Å²) in [5.74, 6) is -0.00482. The summed E-state index contributed by atoms with van der Waals surface area (Å²) >= 11 is 0. The fourth-order valence-electron chi connectivity index (χ4n) is 5.32. The van der Waals surface area contributed by atoms with Crippen LogP contribution in [0.25, 0.3) is 10.8 Å². The number of carbonyl (C=O) groups is 1. The van der Waals surface area contributed by atoms with E-state index < -0.39 is 5.60 Å². The zero-order chi connectivity index (χ0) is 25.2. The molecule has 0 unspecified atom stereocenters. The number of hydrogen-bond acceptors (Lipinski definition) is 2. The molecule has 35 heavy (non-hydrogen) atoms. The molecule has 4 aromatic carbocycles. The summed E-state index contributed by atoms with van der Waals surface area (Å²) in [6.07, 6.45) is 0.394. The van der Waals surface area contributed by atoms with Gasteiger partial charge in [0.05, 0.1) is 0 Å². The van der Waals surface area contributed by atoms with Crippen molar-refractivity contribution in [2.75, 3.05) is 0 Å². The van der Waals surface area contributed by atoms with Gasteiger partial charge < -0.3 is 5.11 Å². The maximum Gasteiger partial charge on any atom is 0.193 e. The number of fused-ring (bicyclic) bond motifs is 3. The van der Waals surface area contributed by atoms with Crippen molar-refractivity contribution in [2.24, 2.45) is 0 Å². The second kappa shape index (κ2) is 7.90. The van der Waals surface area contributed by atoms with E-state index in [1.807, 2.05) is 42.5 Å². The van der Waals surface area contributed by atoms with Gasteiger partial charge in [-0.1, -0.05) is 108 Å². The highest BCUT2D eigenvalue weighted by atomic mass is 16.3. The van der Waals surface area contributed by atoms with E-state index in [-0.39, 0.29) is 16.6 Å². The van der Waals surface area contributed by atoms with E-state index in [9.17, 15) is 9.90 Å². The Morgan fingerprint density at radius 3 is 1.74 bits per heavy atom. The van der Waals surface area contributed by atoms with Crippen LogP contribution in [0.5, 0.6) is 0 Å². The molecule has 0 radical (unpaired) electrons. The summed E-state index contributed by atoms with van der Waals surface area (Å²) in [4.78, 5) is 13.9. The highest BCUT2D eigenvalue weighted by Gasteiger charge is 2.43. The van der Waals surface area contributed by atoms with Crippen molar-refractivity contribution in [3.63, 3.8) is 0 Å². The molecule has 1 aliphatic rings. The molecule has 5 rings (SSSR count). The Morgan fingerprint density at radius 2 is 1.20 bits per heavy atom. The standard InChI is InChI=1S/C33H34O2/c1-31(2,3)23-14-16-28-26(18-23)30(34)27-19-24(32(4,5)6)15-17-29(27)33(28,35)20-22-12-9-11-21-10-7-8-13-25(21)22/h7-19,35H,20H2,1-6H3. The molecule has 0 atom stereocenters. The minimum atomic E-state index is -1.31. The minimum absolute atomic E-state index is 0.00482. The van der Waals surface area contributed by atoms with Crippen LogP contribution in [0.3, 0.4) is 0 Å². The number of carbonyl (C=O) groups excluding carboxylic acids is 1. The summed E-state index contributed by atoms with van der Waals surface area (Å²) in [6, 6.07) is 26.6. The van der Waals surface area contributed by atoms with Gasteiger partial charge in [0.25, 0.3) is 0 Å². The van der Waals surface area contributed by atoms with E-state index in [1.165, 1.54) is 0 Å². The number of benzene rings is 4. The lowest BCUT2D eigenvalue weighted by Gasteiger charge is -2.38. The Morgan fingerprint density at radius 1 is 0.686 bits per heavy atom. The SMILES string of the molecule is CC(C)(C)c1ccc2c(c1)C(=O)c1cc(C(C)(C)C)ccc1C2(O)Cc1cccc2ccccc12. The molecule has 1 aliphatic carbocycles. The normalized spacial score (nSPS) is 15.1. The summed E-state index contributed by atoms with van der Waals surface area (Å²) in [7, 11) is 0. The Kier molecular flexibility index (Phi) is 5.30. The predicted molar refractivity (Wildman–Crippen MR) is 144 cm³/mol. The monoisotopic (exact) mass is 462 g/mol. The second-order valence-corrected chi connectivity index (χ2v) is 12.0.